The number of fused-ring (bicyclic) bond motifs is 6. The zero-order valence-electron chi connectivity index (χ0n) is 25.1. The molecule has 0 saturated carbocycles. The van der Waals surface area contributed by atoms with E-state index in [9.17, 15) is 0 Å². The summed E-state index contributed by atoms with van der Waals surface area (Å²) in [6.07, 6.45) is 0. The Morgan fingerprint density at radius 3 is 1.72 bits per heavy atom. The molecule has 0 unspecified atom stereocenters. The highest BCUT2D eigenvalue weighted by molar-refractivity contribution is 7.26. The van der Waals surface area contributed by atoms with Crippen molar-refractivity contribution < 1.29 is 0 Å². The maximum Gasteiger partial charge on any atom is 0.0554 e. The molecule has 1 nitrogen and oxygen atoms in total. The molecular formula is C44H29NS. The van der Waals surface area contributed by atoms with E-state index in [-0.39, 0.29) is 0 Å². The van der Waals surface area contributed by atoms with E-state index in [0.717, 1.165) is 11.4 Å². The van der Waals surface area contributed by atoms with Gasteiger partial charge in [0.15, 0.2) is 0 Å². The largest absolute Gasteiger partial charge is 0.310 e. The summed E-state index contributed by atoms with van der Waals surface area (Å²) in [6.45, 7) is 0. The van der Waals surface area contributed by atoms with Crippen molar-refractivity contribution in [1.82, 2.24) is 0 Å². The Kier molecular flexibility index (Phi) is 6.40. The van der Waals surface area contributed by atoms with Crippen molar-refractivity contribution in [2.45, 2.75) is 0 Å². The van der Waals surface area contributed by atoms with E-state index < -0.39 is 0 Å². The first-order valence-electron chi connectivity index (χ1n) is 15.7. The van der Waals surface area contributed by atoms with Gasteiger partial charge in [-0.15, -0.1) is 11.3 Å². The number of thiophene rings is 1. The van der Waals surface area contributed by atoms with Crippen LogP contribution in [0.3, 0.4) is 0 Å². The molecule has 0 fully saturated rings. The lowest BCUT2D eigenvalue weighted by Crippen LogP contribution is -2.10. The predicted octanol–water partition coefficient (Wildman–Crippen LogP) is 13.2. The van der Waals surface area contributed by atoms with Crippen LogP contribution in [0.1, 0.15) is 0 Å². The minimum absolute atomic E-state index is 1.13. The van der Waals surface area contributed by atoms with Gasteiger partial charge in [-0.25, -0.2) is 0 Å². The van der Waals surface area contributed by atoms with Crippen molar-refractivity contribution in [2.24, 2.45) is 0 Å². The first-order chi connectivity index (χ1) is 22.8. The van der Waals surface area contributed by atoms with Crippen molar-refractivity contribution in [2.75, 3.05) is 4.90 Å². The van der Waals surface area contributed by atoms with Crippen LogP contribution < -0.4 is 4.90 Å². The Morgan fingerprint density at radius 1 is 0.370 bits per heavy atom. The molecule has 0 aliphatic rings. The van der Waals surface area contributed by atoms with Crippen molar-refractivity contribution in [3.05, 3.63) is 176 Å². The van der Waals surface area contributed by atoms with Crippen molar-refractivity contribution in [3.63, 3.8) is 0 Å². The fourth-order valence-corrected chi connectivity index (χ4v) is 8.01. The van der Waals surface area contributed by atoms with E-state index in [1.54, 1.807) is 0 Å². The molecule has 0 atom stereocenters. The summed E-state index contributed by atoms with van der Waals surface area (Å²) in [5.41, 5.74) is 8.31. The van der Waals surface area contributed by atoms with E-state index in [1.807, 2.05) is 11.3 Å². The summed E-state index contributed by atoms with van der Waals surface area (Å²) < 4.78 is 2.63. The Labute approximate surface area is 272 Å². The number of hydrogen-bond donors (Lipinski definition) is 0. The lowest BCUT2D eigenvalue weighted by atomic mass is 10.0. The summed E-state index contributed by atoms with van der Waals surface area (Å²) in [7, 11) is 0. The van der Waals surface area contributed by atoms with Gasteiger partial charge in [0.05, 0.1) is 5.69 Å². The average molecular weight is 604 g/mol. The molecule has 9 aromatic rings. The first-order valence-corrected chi connectivity index (χ1v) is 16.5. The lowest BCUT2D eigenvalue weighted by molar-refractivity contribution is 1.30. The minimum atomic E-state index is 1.13. The molecule has 0 aliphatic heterocycles. The fraction of sp³-hybridized carbons (Fsp3) is 0. The summed E-state index contributed by atoms with van der Waals surface area (Å²) in [5, 5.41) is 7.70. The number of benzene rings is 8. The van der Waals surface area contributed by atoms with Gasteiger partial charge in [-0.1, -0.05) is 133 Å². The van der Waals surface area contributed by atoms with Crippen LogP contribution in [-0.2, 0) is 0 Å². The quantitative estimate of drug-likeness (QED) is 0.189. The summed E-state index contributed by atoms with van der Waals surface area (Å²) in [6, 6.07) is 63.9. The van der Waals surface area contributed by atoms with Crippen molar-refractivity contribution in [1.29, 1.82) is 0 Å². The molecule has 2 heteroatoms. The van der Waals surface area contributed by atoms with Gasteiger partial charge in [-0.3, -0.25) is 0 Å². The van der Waals surface area contributed by atoms with Crippen LogP contribution in [0.5, 0.6) is 0 Å². The third kappa shape index (κ3) is 4.54. The van der Waals surface area contributed by atoms with Gasteiger partial charge in [0.25, 0.3) is 0 Å². The zero-order valence-corrected chi connectivity index (χ0v) is 25.9. The zero-order chi connectivity index (χ0) is 30.5. The average Bonchev–Trinajstić information content (AvgIpc) is 3.53. The maximum absolute atomic E-state index is 2.42. The number of anilines is 3. The van der Waals surface area contributed by atoms with E-state index in [2.05, 4.69) is 181 Å². The summed E-state index contributed by atoms with van der Waals surface area (Å²) >= 11 is 1.89. The van der Waals surface area contributed by atoms with Crippen LogP contribution in [0, 0.1) is 0 Å². The predicted molar refractivity (Wildman–Crippen MR) is 200 cm³/mol. The number of nitrogens with zero attached hydrogens (tertiary/aromatic N) is 1. The highest BCUT2D eigenvalue weighted by Gasteiger charge is 2.19. The van der Waals surface area contributed by atoms with E-state index >= 15 is 0 Å². The molecular weight excluding hydrogens is 575 g/mol. The van der Waals surface area contributed by atoms with Crippen LogP contribution in [0.2, 0.25) is 0 Å². The Bertz CT molecular complexity index is 2510. The SMILES string of the molecule is c1ccc(-c2ccc(N(c3ccc(-c4ccc5ccccc5c4)cc3)c3cccc4sc5c6ccccc6ccc5c34)cc2)cc1. The van der Waals surface area contributed by atoms with Gasteiger partial charge in [-0.05, 0) is 86.3 Å². The second-order valence-corrected chi connectivity index (χ2v) is 12.8. The monoisotopic (exact) mass is 603 g/mol. The molecule has 0 N–H and O–H groups in total. The van der Waals surface area contributed by atoms with Crippen LogP contribution >= 0.6 is 11.3 Å². The molecule has 1 aromatic heterocycles. The Balaban J connectivity index is 1.22. The lowest BCUT2D eigenvalue weighted by Gasteiger charge is -2.27. The van der Waals surface area contributed by atoms with Gasteiger partial charge in [0.1, 0.15) is 0 Å². The van der Waals surface area contributed by atoms with Gasteiger partial charge < -0.3 is 4.90 Å². The van der Waals surface area contributed by atoms with E-state index in [4.69, 9.17) is 0 Å². The second-order valence-electron chi connectivity index (χ2n) is 11.8. The molecule has 0 saturated heterocycles. The van der Waals surface area contributed by atoms with E-state index in [0.29, 0.717) is 0 Å². The Hall–Kier alpha value is -5.70. The fourth-order valence-electron chi connectivity index (χ4n) is 6.75. The molecule has 0 bridgehead atoms. The number of hydrogen-bond acceptors (Lipinski definition) is 2. The molecule has 8 aromatic carbocycles. The minimum Gasteiger partial charge on any atom is -0.310 e. The van der Waals surface area contributed by atoms with E-state index in [1.165, 1.54) is 69.7 Å². The van der Waals surface area contributed by atoms with Crippen LogP contribution in [0.4, 0.5) is 17.1 Å². The molecule has 216 valence electrons. The standard InChI is InChI=1S/C44H29NS/c1-2-9-30(10-3-1)32-19-24-37(25-20-32)45(38-26-21-33(22-27-38)36-18-17-31-11-4-5-13-35(31)29-36)41-15-8-16-42-43(41)40-28-23-34-12-6-7-14-39(34)44(40)46-42/h1-29H. The second kappa shape index (κ2) is 11.0. The molecule has 0 radical (unpaired) electrons. The molecule has 0 aliphatic carbocycles. The van der Waals surface area contributed by atoms with Gasteiger partial charge in [0, 0.05) is 31.5 Å². The van der Waals surface area contributed by atoms with Crippen LogP contribution in [0.15, 0.2) is 176 Å². The summed E-state index contributed by atoms with van der Waals surface area (Å²) in [4.78, 5) is 2.42. The maximum atomic E-state index is 2.42. The normalized spacial score (nSPS) is 11.5. The van der Waals surface area contributed by atoms with Crippen molar-refractivity contribution >= 4 is 70.1 Å². The topological polar surface area (TPSA) is 3.24 Å². The smallest absolute Gasteiger partial charge is 0.0554 e. The Morgan fingerprint density at radius 2 is 0.957 bits per heavy atom. The third-order valence-corrected chi connectivity index (χ3v) is 10.3. The van der Waals surface area contributed by atoms with Crippen LogP contribution in [0.25, 0.3) is 64.0 Å². The molecule has 0 spiro atoms. The molecule has 0 amide bonds. The van der Waals surface area contributed by atoms with Crippen LogP contribution in [-0.4, -0.2) is 0 Å². The number of rotatable bonds is 5. The molecule has 46 heavy (non-hydrogen) atoms. The third-order valence-electron chi connectivity index (χ3n) is 9.05. The van der Waals surface area contributed by atoms with Crippen molar-refractivity contribution in [3.8, 4) is 22.3 Å². The highest BCUT2D eigenvalue weighted by Crippen LogP contribution is 2.46. The first kappa shape index (κ1) is 26.7. The highest BCUT2D eigenvalue weighted by atomic mass is 32.1. The molecule has 1 heterocycles. The van der Waals surface area contributed by atoms with Gasteiger partial charge in [0.2, 0.25) is 0 Å². The van der Waals surface area contributed by atoms with Gasteiger partial charge in [-0.2, -0.15) is 0 Å². The summed E-state index contributed by atoms with van der Waals surface area (Å²) in [5.74, 6) is 0. The van der Waals surface area contributed by atoms with Gasteiger partial charge >= 0.3 is 0 Å². The molecule has 9 rings (SSSR count).